The smallest absolute Gasteiger partial charge is 0.224 e. The Hall–Kier alpha value is -1.55. The van der Waals surface area contributed by atoms with Crippen molar-refractivity contribution in [2.45, 2.75) is 53.1 Å². The molecule has 2 atom stereocenters. The van der Waals surface area contributed by atoms with Crippen LogP contribution in [0.1, 0.15) is 45.6 Å². The lowest BCUT2D eigenvalue weighted by molar-refractivity contribution is -0.117. The van der Waals surface area contributed by atoms with Gasteiger partial charge in [0.05, 0.1) is 6.10 Å². The highest BCUT2D eigenvalue weighted by Gasteiger charge is 2.22. The molecule has 23 heavy (non-hydrogen) atoms. The number of anilines is 1. The molecule has 1 amide bonds. The predicted molar refractivity (Wildman–Crippen MR) is 94.9 cm³/mol. The largest absolute Gasteiger partial charge is 0.491 e. The molecule has 0 bridgehead atoms. The number of ether oxygens (including phenoxy) is 1. The van der Waals surface area contributed by atoms with Gasteiger partial charge >= 0.3 is 0 Å². The summed E-state index contributed by atoms with van der Waals surface area (Å²) in [6, 6.07) is 5.82. The van der Waals surface area contributed by atoms with E-state index in [2.05, 4.69) is 17.6 Å². The summed E-state index contributed by atoms with van der Waals surface area (Å²) in [4.78, 5) is 12.3. The molecule has 2 rings (SSSR count). The number of nitrogens with one attached hydrogen (secondary N) is 2. The van der Waals surface area contributed by atoms with Crippen LogP contribution in [0.2, 0.25) is 0 Å². The second-order valence-corrected chi connectivity index (χ2v) is 6.98. The zero-order chi connectivity index (χ0) is 16.8. The fraction of sp³-hybridized carbons (Fsp3) is 0.632. The summed E-state index contributed by atoms with van der Waals surface area (Å²) in [5, 5.41) is 6.44. The van der Waals surface area contributed by atoms with Crippen molar-refractivity contribution in [2.24, 2.45) is 11.8 Å². The summed E-state index contributed by atoms with van der Waals surface area (Å²) >= 11 is 0. The Labute approximate surface area is 140 Å². The SMILES string of the molecule is Cc1cc(NC(=O)CC(C)C2CCCNC2)ccc1OC(C)C. The average molecular weight is 318 g/mol. The molecule has 4 nitrogen and oxygen atoms in total. The zero-order valence-corrected chi connectivity index (χ0v) is 14.8. The number of amides is 1. The van der Waals surface area contributed by atoms with E-state index in [1.54, 1.807) is 0 Å². The highest BCUT2D eigenvalue weighted by atomic mass is 16.5. The van der Waals surface area contributed by atoms with Crippen LogP contribution < -0.4 is 15.4 Å². The highest BCUT2D eigenvalue weighted by Crippen LogP contribution is 2.25. The fourth-order valence-corrected chi connectivity index (χ4v) is 3.15. The molecule has 0 radical (unpaired) electrons. The van der Waals surface area contributed by atoms with Crippen LogP contribution in [-0.2, 0) is 4.79 Å². The molecule has 1 aliphatic rings. The molecule has 1 aliphatic heterocycles. The molecule has 2 unspecified atom stereocenters. The van der Waals surface area contributed by atoms with Gasteiger partial charge in [-0.3, -0.25) is 4.79 Å². The molecule has 1 aromatic rings. The summed E-state index contributed by atoms with van der Waals surface area (Å²) in [6.07, 6.45) is 3.17. The van der Waals surface area contributed by atoms with Gasteiger partial charge in [-0.2, -0.15) is 0 Å². The summed E-state index contributed by atoms with van der Waals surface area (Å²) in [7, 11) is 0. The van der Waals surface area contributed by atoms with Crippen LogP contribution >= 0.6 is 0 Å². The summed E-state index contributed by atoms with van der Waals surface area (Å²) < 4.78 is 5.73. The Bertz CT molecular complexity index is 522. The number of piperidine rings is 1. The number of rotatable bonds is 6. The third-order valence-corrected chi connectivity index (χ3v) is 4.47. The predicted octanol–water partition coefficient (Wildman–Crippen LogP) is 3.75. The van der Waals surface area contributed by atoms with Crippen LogP contribution in [0.25, 0.3) is 0 Å². The molecule has 1 saturated heterocycles. The number of benzene rings is 1. The van der Waals surface area contributed by atoms with E-state index in [9.17, 15) is 4.79 Å². The molecule has 0 spiro atoms. The van der Waals surface area contributed by atoms with Crippen molar-refractivity contribution in [1.29, 1.82) is 0 Å². The highest BCUT2D eigenvalue weighted by molar-refractivity contribution is 5.91. The molecule has 1 aromatic carbocycles. The van der Waals surface area contributed by atoms with Crippen molar-refractivity contribution in [3.8, 4) is 5.75 Å². The molecular formula is C19H30N2O2. The Morgan fingerprint density at radius 1 is 1.39 bits per heavy atom. The van der Waals surface area contributed by atoms with Crippen LogP contribution in [0.3, 0.4) is 0 Å². The van der Waals surface area contributed by atoms with Gasteiger partial charge in [-0.25, -0.2) is 0 Å². The molecule has 1 fully saturated rings. The maximum atomic E-state index is 12.3. The van der Waals surface area contributed by atoms with Gasteiger partial charge in [-0.05, 0) is 82.3 Å². The molecule has 2 N–H and O–H groups in total. The van der Waals surface area contributed by atoms with E-state index in [4.69, 9.17) is 4.74 Å². The van der Waals surface area contributed by atoms with Crippen molar-refractivity contribution in [3.05, 3.63) is 23.8 Å². The van der Waals surface area contributed by atoms with Crippen LogP contribution in [0.4, 0.5) is 5.69 Å². The molecule has 0 aliphatic carbocycles. The van der Waals surface area contributed by atoms with Gasteiger partial charge in [0.1, 0.15) is 5.75 Å². The van der Waals surface area contributed by atoms with Crippen molar-refractivity contribution < 1.29 is 9.53 Å². The second-order valence-electron chi connectivity index (χ2n) is 6.98. The first-order valence-corrected chi connectivity index (χ1v) is 8.73. The number of carbonyl (C=O) groups excluding carboxylic acids is 1. The van der Waals surface area contributed by atoms with Gasteiger partial charge in [0.15, 0.2) is 0 Å². The fourth-order valence-electron chi connectivity index (χ4n) is 3.15. The van der Waals surface area contributed by atoms with Crippen molar-refractivity contribution in [1.82, 2.24) is 5.32 Å². The van der Waals surface area contributed by atoms with E-state index < -0.39 is 0 Å². The normalized spacial score (nSPS) is 19.4. The molecule has 1 heterocycles. The lowest BCUT2D eigenvalue weighted by Crippen LogP contribution is -2.34. The van der Waals surface area contributed by atoms with Gasteiger partial charge in [0.25, 0.3) is 0 Å². The van der Waals surface area contributed by atoms with Gasteiger partial charge in [0, 0.05) is 12.1 Å². The van der Waals surface area contributed by atoms with Gasteiger partial charge < -0.3 is 15.4 Å². The van der Waals surface area contributed by atoms with E-state index >= 15 is 0 Å². The maximum Gasteiger partial charge on any atom is 0.224 e. The zero-order valence-electron chi connectivity index (χ0n) is 14.8. The Kier molecular flexibility index (Phi) is 6.46. The monoisotopic (exact) mass is 318 g/mol. The van der Waals surface area contributed by atoms with Crippen molar-refractivity contribution >= 4 is 11.6 Å². The summed E-state index contributed by atoms with van der Waals surface area (Å²) in [5.74, 6) is 1.99. The minimum Gasteiger partial charge on any atom is -0.491 e. The molecule has 0 saturated carbocycles. The molecule has 4 heteroatoms. The first kappa shape index (κ1) is 17.8. The van der Waals surface area contributed by atoms with E-state index in [1.165, 1.54) is 12.8 Å². The van der Waals surface area contributed by atoms with Crippen LogP contribution in [-0.4, -0.2) is 25.1 Å². The van der Waals surface area contributed by atoms with Crippen LogP contribution in [0, 0.1) is 18.8 Å². The van der Waals surface area contributed by atoms with Crippen molar-refractivity contribution in [2.75, 3.05) is 18.4 Å². The first-order chi connectivity index (χ1) is 11.0. The Morgan fingerprint density at radius 2 is 2.17 bits per heavy atom. The Morgan fingerprint density at radius 3 is 2.78 bits per heavy atom. The van der Waals surface area contributed by atoms with Gasteiger partial charge in [0.2, 0.25) is 5.91 Å². The quantitative estimate of drug-likeness (QED) is 0.840. The number of hydrogen-bond donors (Lipinski definition) is 2. The summed E-state index contributed by atoms with van der Waals surface area (Å²) in [5.41, 5.74) is 1.89. The number of aryl methyl sites for hydroxylation is 1. The van der Waals surface area contributed by atoms with E-state index in [0.717, 1.165) is 30.1 Å². The molecule has 128 valence electrons. The van der Waals surface area contributed by atoms with Crippen LogP contribution in [0.15, 0.2) is 18.2 Å². The maximum absolute atomic E-state index is 12.3. The van der Waals surface area contributed by atoms with Gasteiger partial charge in [-0.1, -0.05) is 6.92 Å². The minimum atomic E-state index is 0.0972. The standard InChI is InChI=1S/C19H30N2O2/c1-13(2)23-18-8-7-17(10-15(18)4)21-19(22)11-14(3)16-6-5-9-20-12-16/h7-8,10,13-14,16,20H,5-6,9,11-12H2,1-4H3,(H,21,22). The molecular weight excluding hydrogens is 288 g/mol. The lowest BCUT2D eigenvalue weighted by atomic mass is 9.85. The first-order valence-electron chi connectivity index (χ1n) is 8.73. The van der Waals surface area contributed by atoms with Crippen LogP contribution in [0.5, 0.6) is 5.75 Å². The molecule has 0 aromatic heterocycles. The number of carbonyl (C=O) groups is 1. The lowest BCUT2D eigenvalue weighted by Gasteiger charge is -2.28. The van der Waals surface area contributed by atoms with Gasteiger partial charge in [-0.15, -0.1) is 0 Å². The second kappa shape index (κ2) is 8.34. The third kappa shape index (κ3) is 5.54. The van der Waals surface area contributed by atoms with E-state index in [1.807, 2.05) is 39.0 Å². The Balaban J connectivity index is 1.88. The third-order valence-electron chi connectivity index (χ3n) is 4.47. The summed E-state index contributed by atoms with van der Waals surface area (Å²) in [6.45, 7) is 10.4. The topological polar surface area (TPSA) is 50.4 Å². The number of hydrogen-bond acceptors (Lipinski definition) is 3. The van der Waals surface area contributed by atoms with E-state index in [0.29, 0.717) is 18.3 Å². The van der Waals surface area contributed by atoms with Crippen molar-refractivity contribution in [3.63, 3.8) is 0 Å². The average Bonchev–Trinajstić information content (AvgIpc) is 2.50. The minimum absolute atomic E-state index is 0.0972. The van der Waals surface area contributed by atoms with E-state index in [-0.39, 0.29) is 12.0 Å².